The summed E-state index contributed by atoms with van der Waals surface area (Å²) in [6, 6.07) is 8.79. The number of aryl methyl sites for hydroxylation is 1. The van der Waals surface area contributed by atoms with E-state index < -0.39 is 0 Å². The minimum Gasteiger partial charge on any atom is -0.368 e. The van der Waals surface area contributed by atoms with Gasteiger partial charge in [0.15, 0.2) is 0 Å². The minimum absolute atomic E-state index is 0.531. The molecule has 1 aliphatic carbocycles. The van der Waals surface area contributed by atoms with Crippen LogP contribution < -0.4 is 15.5 Å². The molecule has 1 saturated carbocycles. The van der Waals surface area contributed by atoms with Gasteiger partial charge in [-0.25, -0.2) is 19.9 Å². The number of pyridine rings is 1. The van der Waals surface area contributed by atoms with Crippen LogP contribution in [0.15, 0.2) is 36.8 Å². The van der Waals surface area contributed by atoms with Gasteiger partial charge in [-0.3, -0.25) is 0 Å². The Morgan fingerprint density at radius 1 is 1.03 bits per heavy atom. The second kappa shape index (κ2) is 7.46. The number of piperazine rings is 1. The zero-order chi connectivity index (χ0) is 20.8. The number of nitrogens with zero attached hydrogens (tertiary/aromatic N) is 6. The van der Waals surface area contributed by atoms with E-state index in [0.717, 1.165) is 59.6 Å². The van der Waals surface area contributed by atoms with Crippen LogP contribution in [0, 0.1) is 6.92 Å². The van der Waals surface area contributed by atoms with E-state index in [1.165, 1.54) is 24.9 Å². The number of anilines is 3. The van der Waals surface area contributed by atoms with Gasteiger partial charge in [0, 0.05) is 43.8 Å². The van der Waals surface area contributed by atoms with Crippen LogP contribution >= 0.6 is 0 Å². The maximum Gasteiger partial charge on any atom is 0.228 e. The summed E-state index contributed by atoms with van der Waals surface area (Å²) < 4.78 is 2.29. The standard InChI is InChI=1S/C23H26N8/c1-15-19(30-11-9-24-10-12-30)7-8-20(27-15)28-23-25-13-16-5-6-18-22(21(16)29-23)31(14-26-18)17-3-2-4-17/h5-8,13-14,17,24H,2-4,9-12H2,1H3,(H,25,27,28,29). The van der Waals surface area contributed by atoms with E-state index in [0.29, 0.717) is 12.0 Å². The van der Waals surface area contributed by atoms with E-state index in [2.05, 4.69) is 49.1 Å². The molecule has 2 aliphatic rings. The Morgan fingerprint density at radius 2 is 1.90 bits per heavy atom. The van der Waals surface area contributed by atoms with Gasteiger partial charge in [0.05, 0.1) is 28.7 Å². The number of hydrogen-bond acceptors (Lipinski definition) is 7. The van der Waals surface area contributed by atoms with E-state index in [1.54, 1.807) is 0 Å². The molecule has 4 heterocycles. The summed E-state index contributed by atoms with van der Waals surface area (Å²) in [5.41, 5.74) is 5.23. The Bertz CT molecular complexity index is 1250. The van der Waals surface area contributed by atoms with Crippen molar-refractivity contribution in [1.29, 1.82) is 0 Å². The molecule has 0 amide bonds. The van der Waals surface area contributed by atoms with Crippen LogP contribution in [0.4, 0.5) is 17.5 Å². The smallest absolute Gasteiger partial charge is 0.228 e. The van der Waals surface area contributed by atoms with Gasteiger partial charge >= 0.3 is 0 Å². The molecular weight excluding hydrogens is 388 g/mol. The average molecular weight is 415 g/mol. The van der Waals surface area contributed by atoms with Gasteiger partial charge in [0.25, 0.3) is 0 Å². The second-order valence-electron chi connectivity index (χ2n) is 8.46. The summed E-state index contributed by atoms with van der Waals surface area (Å²) in [6.45, 7) is 6.10. The lowest BCUT2D eigenvalue weighted by molar-refractivity contribution is 0.320. The fourth-order valence-corrected chi connectivity index (χ4v) is 4.59. The molecule has 0 radical (unpaired) electrons. The van der Waals surface area contributed by atoms with Crippen molar-refractivity contribution in [3.8, 4) is 0 Å². The quantitative estimate of drug-likeness (QED) is 0.528. The Kier molecular flexibility index (Phi) is 4.45. The van der Waals surface area contributed by atoms with Gasteiger partial charge in [-0.2, -0.15) is 0 Å². The van der Waals surface area contributed by atoms with Crippen LogP contribution in [0.25, 0.3) is 21.9 Å². The fraction of sp³-hybridized carbons (Fsp3) is 0.391. The summed E-state index contributed by atoms with van der Waals surface area (Å²) in [5.74, 6) is 1.32. The summed E-state index contributed by atoms with van der Waals surface area (Å²) in [5, 5.41) is 7.73. The number of nitrogens with one attached hydrogen (secondary N) is 2. The first-order chi connectivity index (χ1) is 15.3. The van der Waals surface area contributed by atoms with Crippen molar-refractivity contribution in [3.63, 3.8) is 0 Å². The van der Waals surface area contributed by atoms with Gasteiger partial charge in [0.1, 0.15) is 11.3 Å². The van der Waals surface area contributed by atoms with Gasteiger partial charge in [-0.05, 0) is 50.5 Å². The maximum atomic E-state index is 4.87. The molecule has 0 bridgehead atoms. The Balaban J connectivity index is 1.33. The number of rotatable bonds is 4. The van der Waals surface area contributed by atoms with E-state index in [-0.39, 0.29) is 0 Å². The monoisotopic (exact) mass is 414 g/mol. The van der Waals surface area contributed by atoms with E-state index in [4.69, 9.17) is 9.97 Å². The highest BCUT2D eigenvalue weighted by Gasteiger charge is 2.22. The van der Waals surface area contributed by atoms with Crippen LogP contribution in [-0.2, 0) is 0 Å². The number of hydrogen-bond donors (Lipinski definition) is 2. The van der Waals surface area contributed by atoms with Crippen LogP contribution in [0.5, 0.6) is 0 Å². The van der Waals surface area contributed by atoms with E-state index in [1.807, 2.05) is 24.7 Å². The summed E-state index contributed by atoms with van der Waals surface area (Å²) in [6.07, 6.45) is 7.54. The predicted octanol–water partition coefficient (Wildman–Crippen LogP) is 3.56. The Morgan fingerprint density at radius 3 is 2.68 bits per heavy atom. The van der Waals surface area contributed by atoms with Crippen molar-refractivity contribution >= 4 is 39.4 Å². The molecule has 0 spiro atoms. The molecule has 2 N–H and O–H groups in total. The first kappa shape index (κ1) is 18.5. The number of fused-ring (bicyclic) bond motifs is 3. The molecule has 4 aromatic rings. The average Bonchev–Trinajstić information content (AvgIpc) is 3.17. The van der Waals surface area contributed by atoms with Gasteiger partial charge in [0.2, 0.25) is 5.95 Å². The van der Waals surface area contributed by atoms with Crippen LogP contribution in [0.3, 0.4) is 0 Å². The molecule has 1 aliphatic heterocycles. The fourth-order valence-electron chi connectivity index (χ4n) is 4.59. The number of imidazole rings is 1. The number of aromatic nitrogens is 5. The first-order valence-electron chi connectivity index (χ1n) is 11.1. The molecule has 0 unspecified atom stereocenters. The largest absolute Gasteiger partial charge is 0.368 e. The van der Waals surface area contributed by atoms with E-state index in [9.17, 15) is 0 Å². The highest BCUT2D eigenvalue weighted by molar-refractivity contribution is 6.02. The third kappa shape index (κ3) is 3.27. The second-order valence-corrected chi connectivity index (χ2v) is 8.46. The van der Waals surface area contributed by atoms with Gasteiger partial charge in [-0.1, -0.05) is 0 Å². The molecular formula is C23H26N8. The van der Waals surface area contributed by atoms with Crippen molar-refractivity contribution in [2.24, 2.45) is 0 Å². The van der Waals surface area contributed by atoms with Crippen molar-refractivity contribution in [2.75, 3.05) is 36.4 Å². The molecule has 8 nitrogen and oxygen atoms in total. The lowest BCUT2D eigenvalue weighted by Gasteiger charge is -2.30. The highest BCUT2D eigenvalue weighted by atomic mass is 15.2. The zero-order valence-electron chi connectivity index (χ0n) is 17.7. The Hall–Kier alpha value is -3.26. The maximum absolute atomic E-state index is 4.87. The normalized spacial score (nSPS) is 17.3. The minimum atomic E-state index is 0.531. The molecule has 1 saturated heterocycles. The first-order valence-corrected chi connectivity index (χ1v) is 11.1. The van der Waals surface area contributed by atoms with Gasteiger partial charge in [-0.15, -0.1) is 0 Å². The van der Waals surface area contributed by atoms with Crippen molar-refractivity contribution in [3.05, 3.63) is 42.5 Å². The van der Waals surface area contributed by atoms with Crippen molar-refractivity contribution in [1.82, 2.24) is 29.8 Å². The van der Waals surface area contributed by atoms with Crippen molar-refractivity contribution < 1.29 is 0 Å². The lowest BCUT2D eigenvalue weighted by atomic mass is 9.93. The Labute approximate surface area is 180 Å². The van der Waals surface area contributed by atoms with Crippen LogP contribution in [0.2, 0.25) is 0 Å². The number of benzene rings is 1. The topological polar surface area (TPSA) is 83.8 Å². The summed E-state index contributed by atoms with van der Waals surface area (Å²) >= 11 is 0. The molecule has 3 aromatic heterocycles. The predicted molar refractivity (Wildman–Crippen MR) is 123 cm³/mol. The third-order valence-electron chi connectivity index (χ3n) is 6.51. The lowest BCUT2D eigenvalue weighted by Crippen LogP contribution is -2.43. The van der Waals surface area contributed by atoms with E-state index >= 15 is 0 Å². The third-order valence-corrected chi connectivity index (χ3v) is 6.51. The highest BCUT2D eigenvalue weighted by Crippen LogP contribution is 2.36. The molecule has 6 rings (SSSR count). The molecule has 0 atom stereocenters. The molecule has 158 valence electrons. The van der Waals surface area contributed by atoms with Crippen LogP contribution in [0.1, 0.15) is 31.0 Å². The molecule has 31 heavy (non-hydrogen) atoms. The molecule has 8 heteroatoms. The van der Waals surface area contributed by atoms with Gasteiger partial charge < -0.3 is 20.1 Å². The van der Waals surface area contributed by atoms with Crippen molar-refractivity contribution in [2.45, 2.75) is 32.2 Å². The molecule has 1 aromatic carbocycles. The zero-order valence-corrected chi connectivity index (χ0v) is 17.7. The van der Waals surface area contributed by atoms with Crippen LogP contribution in [-0.4, -0.2) is 50.7 Å². The summed E-state index contributed by atoms with van der Waals surface area (Å²) in [7, 11) is 0. The summed E-state index contributed by atoms with van der Waals surface area (Å²) in [4.78, 5) is 21.2. The molecule has 2 fully saturated rings. The SMILES string of the molecule is Cc1nc(Nc2ncc3ccc4ncn(C5CCC5)c4c3n2)ccc1N1CCNCC1.